The number of rotatable bonds is 4. The van der Waals surface area contributed by atoms with E-state index in [4.69, 9.17) is 18.0 Å². The average Bonchev–Trinajstić information content (AvgIpc) is 2.88. The Morgan fingerprint density at radius 3 is 2.56 bits per heavy atom. The second-order valence-electron chi connectivity index (χ2n) is 4.79. The Bertz CT molecular complexity index is 435. The molecule has 1 aromatic heterocycles. The van der Waals surface area contributed by atoms with Gasteiger partial charge < -0.3 is 5.73 Å². The van der Waals surface area contributed by atoms with Gasteiger partial charge in [0.15, 0.2) is 0 Å². The van der Waals surface area contributed by atoms with Gasteiger partial charge in [0.05, 0.1) is 15.2 Å². The van der Waals surface area contributed by atoms with Crippen LogP contribution in [0.3, 0.4) is 0 Å². The Kier molecular flexibility index (Phi) is 3.09. The highest BCUT2D eigenvalue weighted by Gasteiger charge is 2.43. The van der Waals surface area contributed by atoms with E-state index in [1.165, 1.54) is 18.5 Å². The molecule has 0 radical (unpaired) electrons. The van der Waals surface area contributed by atoms with E-state index in [2.05, 4.69) is 32.6 Å². The zero-order valence-electron chi connectivity index (χ0n) is 9.59. The molecule has 16 heavy (non-hydrogen) atoms. The number of thiocarbonyl (C=S) groups is 1. The molecule has 2 rings (SSSR count). The summed E-state index contributed by atoms with van der Waals surface area (Å²) in [7, 11) is 0. The van der Waals surface area contributed by atoms with Gasteiger partial charge in [0.1, 0.15) is 0 Å². The van der Waals surface area contributed by atoms with Crippen LogP contribution in [0.15, 0.2) is 4.47 Å². The van der Waals surface area contributed by atoms with Crippen molar-refractivity contribution in [3.05, 3.63) is 15.9 Å². The smallest absolute Gasteiger partial charge is 0.0738 e. The number of hydrogen-bond acceptors (Lipinski definition) is 2. The highest BCUT2D eigenvalue weighted by atomic mass is 79.9. The van der Waals surface area contributed by atoms with Crippen LogP contribution in [0.4, 0.5) is 0 Å². The third kappa shape index (κ3) is 2.30. The van der Waals surface area contributed by atoms with Crippen LogP contribution in [0.25, 0.3) is 0 Å². The van der Waals surface area contributed by atoms with E-state index in [1.54, 1.807) is 0 Å². The summed E-state index contributed by atoms with van der Waals surface area (Å²) in [4.78, 5) is 0.623. The molecular weight excluding hydrogens is 286 g/mol. The number of aryl methyl sites for hydroxylation is 1. The van der Waals surface area contributed by atoms with Gasteiger partial charge in [-0.25, -0.2) is 0 Å². The molecule has 0 atom stereocenters. The van der Waals surface area contributed by atoms with Gasteiger partial charge in [-0.1, -0.05) is 12.2 Å². The zero-order valence-corrected chi connectivity index (χ0v) is 12.0. The van der Waals surface area contributed by atoms with Gasteiger partial charge in [0.2, 0.25) is 0 Å². The Labute approximate surface area is 110 Å². The van der Waals surface area contributed by atoms with Crippen molar-refractivity contribution in [3.63, 3.8) is 0 Å². The van der Waals surface area contributed by atoms with E-state index in [1.807, 2.05) is 6.92 Å². The first kappa shape index (κ1) is 12.0. The van der Waals surface area contributed by atoms with Gasteiger partial charge in [-0.3, -0.25) is 4.68 Å². The Hall–Kier alpha value is -0.420. The molecule has 1 heterocycles. The van der Waals surface area contributed by atoms with Gasteiger partial charge >= 0.3 is 0 Å². The highest BCUT2D eigenvalue weighted by molar-refractivity contribution is 9.10. The van der Waals surface area contributed by atoms with Crippen molar-refractivity contribution in [1.29, 1.82) is 0 Å². The van der Waals surface area contributed by atoms with Gasteiger partial charge in [-0.15, -0.1) is 0 Å². The fourth-order valence-corrected chi connectivity index (χ4v) is 2.67. The lowest BCUT2D eigenvalue weighted by atomic mass is 10.0. The van der Waals surface area contributed by atoms with E-state index in [0.29, 0.717) is 4.99 Å². The van der Waals surface area contributed by atoms with Crippen molar-refractivity contribution < 1.29 is 0 Å². The molecule has 1 saturated carbocycles. The van der Waals surface area contributed by atoms with Crippen molar-refractivity contribution in [1.82, 2.24) is 9.78 Å². The monoisotopic (exact) mass is 301 g/mol. The molecule has 1 aliphatic carbocycles. The number of aromatic nitrogens is 2. The number of hydrogen-bond donors (Lipinski definition) is 1. The zero-order chi connectivity index (χ0) is 11.9. The SMILES string of the molecule is Cc1nn(CC2(CC(N)=S)CC2)c(C)c1Br. The molecule has 0 aliphatic heterocycles. The molecule has 0 spiro atoms. The van der Waals surface area contributed by atoms with Crippen LogP contribution in [0.2, 0.25) is 0 Å². The molecule has 0 bridgehead atoms. The summed E-state index contributed by atoms with van der Waals surface area (Å²) in [6, 6.07) is 0. The predicted octanol–water partition coefficient (Wildman–Crippen LogP) is 2.72. The third-order valence-electron chi connectivity index (χ3n) is 3.28. The summed E-state index contributed by atoms with van der Waals surface area (Å²) in [6.07, 6.45) is 3.26. The lowest BCUT2D eigenvalue weighted by Crippen LogP contribution is -2.21. The van der Waals surface area contributed by atoms with Gasteiger partial charge in [-0.2, -0.15) is 5.10 Å². The van der Waals surface area contributed by atoms with E-state index in [-0.39, 0.29) is 5.41 Å². The average molecular weight is 302 g/mol. The molecule has 0 aromatic carbocycles. The van der Waals surface area contributed by atoms with E-state index >= 15 is 0 Å². The quantitative estimate of drug-likeness (QED) is 0.870. The van der Waals surface area contributed by atoms with Crippen LogP contribution in [0.1, 0.15) is 30.7 Å². The van der Waals surface area contributed by atoms with E-state index in [9.17, 15) is 0 Å². The number of nitrogens with two attached hydrogens (primary N) is 1. The van der Waals surface area contributed by atoms with Crippen molar-refractivity contribution in [3.8, 4) is 0 Å². The first-order valence-corrected chi connectivity index (χ1v) is 6.61. The minimum absolute atomic E-state index is 0.286. The van der Waals surface area contributed by atoms with Crippen LogP contribution >= 0.6 is 28.1 Å². The van der Waals surface area contributed by atoms with Crippen LogP contribution in [0, 0.1) is 19.3 Å². The normalized spacial score (nSPS) is 17.4. The largest absolute Gasteiger partial charge is 0.393 e. The van der Waals surface area contributed by atoms with Gasteiger partial charge in [-0.05, 0) is 48.0 Å². The standard InChI is InChI=1S/C11H16BrN3S/c1-7-10(12)8(2)15(14-7)6-11(3-4-11)5-9(13)16/h3-6H2,1-2H3,(H2,13,16). The molecule has 1 aliphatic rings. The maximum atomic E-state index is 5.64. The predicted molar refractivity (Wildman–Crippen MR) is 72.5 cm³/mol. The molecule has 0 amide bonds. The summed E-state index contributed by atoms with van der Waals surface area (Å²) in [5, 5.41) is 4.53. The molecule has 88 valence electrons. The molecule has 0 saturated heterocycles. The van der Waals surface area contributed by atoms with Crippen molar-refractivity contribution in [2.75, 3.05) is 0 Å². The summed E-state index contributed by atoms with van der Waals surface area (Å²) in [5.74, 6) is 0. The van der Waals surface area contributed by atoms with Crippen molar-refractivity contribution in [2.45, 2.75) is 39.7 Å². The molecule has 1 aromatic rings. The fraction of sp³-hybridized carbons (Fsp3) is 0.636. The van der Waals surface area contributed by atoms with Crippen molar-refractivity contribution in [2.24, 2.45) is 11.1 Å². The first-order valence-electron chi connectivity index (χ1n) is 5.41. The second kappa shape index (κ2) is 4.11. The fourth-order valence-electron chi connectivity index (χ4n) is 2.08. The molecule has 0 unspecified atom stereocenters. The number of nitrogens with zero attached hydrogens (tertiary/aromatic N) is 2. The van der Waals surface area contributed by atoms with E-state index in [0.717, 1.165) is 23.1 Å². The maximum absolute atomic E-state index is 5.64. The highest BCUT2D eigenvalue weighted by Crippen LogP contribution is 2.50. The summed E-state index contributed by atoms with van der Waals surface area (Å²) >= 11 is 8.55. The van der Waals surface area contributed by atoms with Crippen LogP contribution in [-0.2, 0) is 6.54 Å². The van der Waals surface area contributed by atoms with Crippen LogP contribution in [0.5, 0.6) is 0 Å². The summed E-state index contributed by atoms with van der Waals surface area (Å²) in [5.41, 5.74) is 8.16. The molecule has 5 heteroatoms. The lowest BCUT2D eigenvalue weighted by molar-refractivity contribution is 0.403. The first-order chi connectivity index (χ1) is 7.43. The van der Waals surface area contributed by atoms with Crippen molar-refractivity contribution >= 4 is 33.1 Å². The van der Waals surface area contributed by atoms with Gasteiger partial charge in [0.25, 0.3) is 0 Å². The molecular formula is C11H16BrN3S. The topological polar surface area (TPSA) is 43.8 Å². The van der Waals surface area contributed by atoms with Crippen LogP contribution < -0.4 is 5.73 Å². The molecule has 2 N–H and O–H groups in total. The number of halogens is 1. The van der Waals surface area contributed by atoms with E-state index < -0.39 is 0 Å². The Morgan fingerprint density at radius 2 is 2.19 bits per heavy atom. The summed E-state index contributed by atoms with van der Waals surface area (Å²) < 4.78 is 3.18. The third-order valence-corrected chi connectivity index (χ3v) is 4.58. The lowest BCUT2D eigenvalue weighted by Gasteiger charge is -2.15. The van der Waals surface area contributed by atoms with Gasteiger partial charge in [0, 0.05) is 18.7 Å². The minimum atomic E-state index is 0.286. The summed E-state index contributed by atoms with van der Waals surface area (Å²) in [6.45, 7) is 5.03. The second-order valence-corrected chi connectivity index (χ2v) is 6.10. The molecule has 3 nitrogen and oxygen atoms in total. The molecule has 1 fully saturated rings. The Balaban J connectivity index is 2.15. The Morgan fingerprint density at radius 1 is 1.56 bits per heavy atom. The van der Waals surface area contributed by atoms with Crippen LogP contribution in [-0.4, -0.2) is 14.8 Å². The minimum Gasteiger partial charge on any atom is -0.393 e. The maximum Gasteiger partial charge on any atom is 0.0738 e.